The van der Waals surface area contributed by atoms with Gasteiger partial charge in [-0.05, 0) is 55.4 Å². The van der Waals surface area contributed by atoms with Crippen molar-refractivity contribution in [2.45, 2.75) is 56.4 Å². The van der Waals surface area contributed by atoms with Gasteiger partial charge in [-0.3, -0.25) is 0 Å². The van der Waals surface area contributed by atoms with E-state index < -0.39 is 16.1 Å². The monoisotopic (exact) mass is 297 g/mol. The molecular weight excluding hydrogens is 274 g/mol. The molecule has 0 heterocycles. The van der Waals surface area contributed by atoms with Gasteiger partial charge in [-0.1, -0.05) is 19.4 Å². The number of aryl methyl sites for hydroxylation is 2. The summed E-state index contributed by atoms with van der Waals surface area (Å²) in [7, 11) is -3.52. The van der Waals surface area contributed by atoms with Gasteiger partial charge < -0.3 is 5.11 Å². The standard InChI is InChI=1S/C15H23NO3S/c1-2-5-14(17)11-16-20(18,19)15-9-8-12-6-3-4-7-13(12)10-15/h8-10,14,16-17H,2-7,11H2,1H3. The van der Waals surface area contributed by atoms with E-state index in [1.54, 1.807) is 12.1 Å². The van der Waals surface area contributed by atoms with E-state index in [0.717, 1.165) is 31.2 Å². The third-order valence-corrected chi connectivity index (χ3v) is 5.18. The van der Waals surface area contributed by atoms with Crippen LogP contribution in [0.5, 0.6) is 0 Å². The first-order valence-corrected chi connectivity index (χ1v) is 8.81. The Balaban J connectivity index is 2.09. The maximum absolute atomic E-state index is 12.2. The summed E-state index contributed by atoms with van der Waals surface area (Å²) in [4.78, 5) is 0.307. The molecule has 0 spiro atoms. The smallest absolute Gasteiger partial charge is 0.240 e. The van der Waals surface area contributed by atoms with Crippen LogP contribution >= 0.6 is 0 Å². The molecule has 2 N–H and O–H groups in total. The minimum Gasteiger partial charge on any atom is -0.392 e. The molecule has 20 heavy (non-hydrogen) atoms. The van der Waals surface area contributed by atoms with Crippen LogP contribution in [0.25, 0.3) is 0 Å². The van der Waals surface area contributed by atoms with Crippen LogP contribution in [0.4, 0.5) is 0 Å². The van der Waals surface area contributed by atoms with Crippen LogP contribution in [-0.2, 0) is 22.9 Å². The molecule has 4 nitrogen and oxygen atoms in total. The molecule has 1 aliphatic rings. The number of sulfonamides is 1. The summed E-state index contributed by atoms with van der Waals surface area (Å²) < 4.78 is 26.9. The Morgan fingerprint density at radius 2 is 1.95 bits per heavy atom. The van der Waals surface area contributed by atoms with Gasteiger partial charge in [0.05, 0.1) is 11.0 Å². The van der Waals surface area contributed by atoms with Crippen molar-refractivity contribution in [1.82, 2.24) is 4.72 Å². The SMILES string of the molecule is CCCC(O)CNS(=O)(=O)c1ccc2c(c1)CCCC2. The molecule has 0 aromatic heterocycles. The summed E-state index contributed by atoms with van der Waals surface area (Å²) >= 11 is 0. The van der Waals surface area contributed by atoms with Crippen LogP contribution in [0.1, 0.15) is 43.7 Å². The summed E-state index contributed by atoms with van der Waals surface area (Å²) in [5.41, 5.74) is 2.41. The summed E-state index contributed by atoms with van der Waals surface area (Å²) in [5.74, 6) is 0. The average Bonchev–Trinajstić information content (AvgIpc) is 2.45. The van der Waals surface area contributed by atoms with E-state index in [9.17, 15) is 13.5 Å². The molecule has 1 unspecified atom stereocenters. The average molecular weight is 297 g/mol. The fraction of sp³-hybridized carbons (Fsp3) is 0.600. The summed E-state index contributed by atoms with van der Waals surface area (Å²) in [6, 6.07) is 5.37. The quantitative estimate of drug-likeness (QED) is 0.844. The highest BCUT2D eigenvalue weighted by Crippen LogP contribution is 2.24. The van der Waals surface area contributed by atoms with E-state index in [1.165, 1.54) is 12.0 Å². The Bertz CT molecular complexity index is 554. The number of aliphatic hydroxyl groups is 1. The van der Waals surface area contributed by atoms with Crippen LogP contribution in [0, 0.1) is 0 Å². The van der Waals surface area contributed by atoms with Crippen molar-refractivity contribution in [2.24, 2.45) is 0 Å². The third kappa shape index (κ3) is 3.81. The molecule has 0 aliphatic heterocycles. The molecule has 1 atom stereocenters. The predicted molar refractivity (Wildman–Crippen MR) is 79.2 cm³/mol. The number of hydrogen-bond donors (Lipinski definition) is 2. The molecule has 0 saturated heterocycles. The summed E-state index contributed by atoms with van der Waals surface area (Å²) in [5, 5.41) is 9.62. The molecule has 2 rings (SSSR count). The lowest BCUT2D eigenvalue weighted by Gasteiger charge is -2.17. The van der Waals surface area contributed by atoms with E-state index in [2.05, 4.69) is 4.72 Å². The number of fused-ring (bicyclic) bond motifs is 1. The maximum atomic E-state index is 12.2. The maximum Gasteiger partial charge on any atom is 0.240 e. The zero-order valence-electron chi connectivity index (χ0n) is 11.9. The zero-order chi connectivity index (χ0) is 14.6. The van der Waals surface area contributed by atoms with Crippen LogP contribution in [0.15, 0.2) is 23.1 Å². The minimum atomic E-state index is -3.52. The van der Waals surface area contributed by atoms with E-state index >= 15 is 0 Å². The molecule has 0 fully saturated rings. The number of hydrogen-bond acceptors (Lipinski definition) is 3. The Labute approximate surface area is 121 Å². The first-order chi connectivity index (χ1) is 9.53. The zero-order valence-corrected chi connectivity index (χ0v) is 12.7. The van der Waals surface area contributed by atoms with Gasteiger partial charge in [0, 0.05) is 6.54 Å². The van der Waals surface area contributed by atoms with Crippen molar-refractivity contribution in [2.75, 3.05) is 6.54 Å². The van der Waals surface area contributed by atoms with Crippen molar-refractivity contribution in [3.8, 4) is 0 Å². The van der Waals surface area contributed by atoms with Gasteiger partial charge in [0.1, 0.15) is 0 Å². The number of rotatable bonds is 6. The molecule has 0 saturated carbocycles. The van der Waals surface area contributed by atoms with E-state index in [4.69, 9.17) is 0 Å². The van der Waals surface area contributed by atoms with E-state index in [-0.39, 0.29) is 6.54 Å². The van der Waals surface area contributed by atoms with Crippen molar-refractivity contribution < 1.29 is 13.5 Å². The van der Waals surface area contributed by atoms with Crippen LogP contribution in [0.3, 0.4) is 0 Å². The second kappa shape index (κ2) is 6.70. The molecule has 0 bridgehead atoms. The molecule has 1 aromatic carbocycles. The van der Waals surface area contributed by atoms with Crippen LogP contribution in [-0.4, -0.2) is 26.2 Å². The van der Waals surface area contributed by atoms with Crippen molar-refractivity contribution >= 4 is 10.0 Å². The van der Waals surface area contributed by atoms with Crippen LogP contribution < -0.4 is 4.72 Å². The van der Waals surface area contributed by atoms with Gasteiger partial charge in [0.2, 0.25) is 10.0 Å². The van der Waals surface area contributed by atoms with Crippen molar-refractivity contribution in [1.29, 1.82) is 0 Å². The molecule has 0 amide bonds. The third-order valence-electron chi connectivity index (χ3n) is 3.76. The number of nitrogens with one attached hydrogen (secondary N) is 1. The van der Waals surface area contributed by atoms with Gasteiger partial charge in [0.25, 0.3) is 0 Å². The van der Waals surface area contributed by atoms with Gasteiger partial charge in [-0.15, -0.1) is 0 Å². The second-order valence-electron chi connectivity index (χ2n) is 5.43. The van der Waals surface area contributed by atoms with Gasteiger partial charge >= 0.3 is 0 Å². The van der Waals surface area contributed by atoms with Crippen LogP contribution in [0.2, 0.25) is 0 Å². The summed E-state index contributed by atoms with van der Waals surface area (Å²) in [6.07, 6.45) is 5.12. The fourth-order valence-corrected chi connectivity index (χ4v) is 3.72. The molecular formula is C15H23NO3S. The van der Waals surface area contributed by atoms with Crippen molar-refractivity contribution in [3.63, 3.8) is 0 Å². The van der Waals surface area contributed by atoms with Crippen molar-refractivity contribution in [3.05, 3.63) is 29.3 Å². The Morgan fingerprint density at radius 3 is 2.65 bits per heavy atom. The molecule has 1 aliphatic carbocycles. The molecule has 0 radical (unpaired) electrons. The predicted octanol–water partition coefficient (Wildman–Crippen LogP) is 2.00. The van der Waals surface area contributed by atoms with Gasteiger partial charge in [-0.25, -0.2) is 13.1 Å². The highest BCUT2D eigenvalue weighted by molar-refractivity contribution is 7.89. The largest absolute Gasteiger partial charge is 0.392 e. The van der Waals surface area contributed by atoms with E-state index in [1.807, 2.05) is 13.0 Å². The lowest BCUT2D eigenvalue weighted by Crippen LogP contribution is -2.32. The minimum absolute atomic E-state index is 0.0766. The van der Waals surface area contributed by atoms with E-state index in [0.29, 0.717) is 11.3 Å². The Hall–Kier alpha value is -0.910. The normalized spacial score (nSPS) is 16.7. The lowest BCUT2D eigenvalue weighted by molar-refractivity contribution is 0.167. The molecule has 1 aromatic rings. The summed E-state index contributed by atoms with van der Waals surface area (Å²) in [6.45, 7) is 2.04. The Kier molecular flexibility index (Phi) is 5.18. The topological polar surface area (TPSA) is 66.4 Å². The van der Waals surface area contributed by atoms with Gasteiger partial charge in [-0.2, -0.15) is 0 Å². The number of benzene rings is 1. The lowest BCUT2D eigenvalue weighted by atomic mass is 9.92. The Morgan fingerprint density at radius 1 is 1.25 bits per heavy atom. The molecule has 5 heteroatoms. The first kappa shape index (κ1) is 15.5. The highest BCUT2D eigenvalue weighted by Gasteiger charge is 2.18. The number of aliphatic hydroxyl groups excluding tert-OH is 1. The fourth-order valence-electron chi connectivity index (χ4n) is 2.60. The highest BCUT2D eigenvalue weighted by atomic mass is 32.2. The first-order valence-electron chi connectivity index (χ1n) is 7.32. The molecule has 112 valence electrons. The second-order valence-corrected chi connectivity index (χ2v) is 7.20. The van der Waals surface area contributed by atoms with Gasteiger partial charge in [0.15, 0.2) is 0 Å².